The van der Waals surface area contributed by atoms with Gasteiger partial charge in [-0.15, -0.1) is 0 Å². The minimum absolute atomic E-state index is 0.0243. The Morgan fingerprint density at radius 1 is 1.08 bits per heavy atom. The molecule has 3 aliphatic rings. The number of methoxy groups -OCH3 is 2. The van der Waals surface area contributed by atoms with Crippen molar-refractivity contribution in [2.75, 3.05) is 45.6 Å². The zero-order valence-corrected chi connectivity index (χ0v) is 47.2. The van der Waals surface area contributed by atoms with Gasteiger partial charge >= 0.3 is 25.9 Å². The fourth-order valence-electron chi connectivity index (χ4n) is 9.28. The third kappa shape index (κ3) is 14.6. The number of halogens is 1. The zero-order valence-electron chi connectivity index (χ0n) is 44.6. The zero-order chi connectivity index (χ0) is 54.0. The second-order valence-electron chi connectivity index (χ2n) is 20.0. The van der Waals surface area contributed by atoms with E-state index in [1.807, 2.05) is 37.3 Å². The average molecular weight is 1070 g/mol. The Balaban J connectivity index is 1.26. The third-order valence-corrected chi connectivity index (χ3v) is 19.6. The minimum Gasteiger partial charge on any atom is -0.520 e. The molecule has 0 aromatic heterocycles. The van der Waals surface area contributed by atoms with Crippen LogP contribution in [0.5, 0.6) is 11.5 Å². The maximum absolute atomic E-state index is 14.4. The largest absolute Gasteiger partial charge is 0.520 e. The molecule has 73 heavy (non-hydrogen) atoms. The van der Waals surface area contributed by atoms with E-state index in [-0.39, 0.29) is 47.7 Å². The number of carbonyl (C=O) groups excluding carboxylic acids is 5. The predicted octanol–water partition coefficient (Wildman–Crippen LogP) is 9.43. The fraction of sp³-hybridized carbons (Fsp3) is 0.604. The summed E-state index contributed by atoms with van der Waals surface area (Å²) in [4.78, 5) is 70.3. The van der Waals surface area contributed by atoms with Gasteiger partial charge in [-0.3, -0.25) is 14.9 Å². The van der Waals surface area contributed by atoms with Gasteiger partial charge in [0.15, 0.2) is 5.72 Å². The summed E-state index contributed by atoms with van der Waals surface area (Å²) >= 11 is 7.67. The van der Waals surface area contributed by atoms with E-state index < -0.39 is 85.4 Å². The number of nitrogens with one attached hydrogen (secondary N) is 1. The summed E-state index contributed by atoms with van der Waals surface area (Å²) in [5, 5.41) is 14.0. The topological polar surface area (TPSA) is 201 Å². The smallest absolute Gasteiger partial charge is 0.409 e. The number of allylic oxidation sites excluding steroid dienone is 3. The lowest BCUT2D eigenvalue weighted by molar-refractivity contribution is -0.162. The van der Waals surface area contributed by atoms with Crippen molar-refractivity contribution < 1.29 is 66.4 Å². The first-order chi connectivity index (χ1) is 34.4. The maximum atomic E-state index is 14.4. The number of likely N-dealkylation sites (N-methyl/N-ethyl adjacent to an activating group) is 1. The summed E-state index contributed by atoms with van der Waals surface area (Å²) in [5.41, 5.74) is 0.112. The van der Waals surface area contributed by atoms with Gasteiger partial charge in [-0.05, 0) is 80.8 Å². The number of thioether (sulfide) groups is 1. The molecule has 17 nitrogen and oxygen atoms in total. The van der Waals surface area contributed by atoms with Gasteiger partial charge < -0.3 is 52.2 Å². The molecule has 0 spiro atoms. The number of unbranched alkanes of at least 4 members (excludes halogenated alkanes) is 1. The Morgan fingerprint density at radius 3 is 2.40 bits per heavy atom. The van der Waals surface area contributed by atoms with Crippen LogP contribution in [-0.4, -0.2) is 130 Å². The molecule has 3 heterocycles. The number of carbonyl (C=O) groups is 5. The monoisotopic (exact) mass is 1070 g/mol. The van der Waals surface area contributed by atoms with Gasteiger partial charge in [0.1, 0.15) is 53.1 Å². The highest BCUT2D eigenvalue weighted by atomic mass is 35.5. The lowest BCUT2D eigenvalue weighted by atomic mass is 9.83. The summed E-state index contributed by atoms with van der Waals surface area (Å²) in [5.74, 6) is -1.17. The first-order valence-corrected chi connectivity index (χ1v) is 28.3. The third-order valence-electron chi connectivity index (χ3n) is 14.1. The van der Waals surface area contributed by atoms with Crippen LogP contribution in [0.4, 0.5) is 15.3 Å². The molecule has 20 heteroatoms. The number of hydrogen-bond acceptors (Lipinski definition) is 15. The number of ether oxygens (including phenoxy) is 6. The molecular weight excluding hydrogens is 998 g/mol. The molecule has 8 atom stereocenters. The lowest BCUT2D eigenvalue weighted by Gasteiger charge is -2.42. The van der Waals surface area contributed by atoms with Gasteiger partial charge in [0, 0.05) is 63.4 Å². The lowest BCUT2D eigenvalue weighted by Crippen LogP contribution is -2.63. The highest BCUT2D eigenvalue weighted by Gasteiger charge is 2.64. The summed E-state index contributed by atoms with van der Waals surface area (Å²) in [6, 6.07) is 9.86. The SMILES string of the molecule is CCCCO[Si](Oc1ccc(COC(=O)SCCC(=O)N(C)[C@@H](C)C(=O)O[C@H]2CC(=O)N(C)c3cc(cc(OC)c3Cl)C/C(C)=C/C=C/[C@@H](OC)[C@@]3(O)C[C@H](OC(=O)N3)C(C)[C@@H]3O[C@@]23C)cc1)(C(C)C)C(C)C. The Kier molecular flexibility index (Phi) is 20.9. The van der Waals surface area contributed by atoms with Crippen LogP contribution in [0.2, 0.25) is 16.1 Å². The second kappa shape index (κ2) is 25.7. The van der Waals surface area contributed by atoms with Crippen LogP contribution in [0.15, 0.2) is 60.2 Å². The number of fused-ring (bicyclic) bond motifs is 5. The van der Waals surface area contributed by atoms with Crippen molar-refractivity contribution in [3.63, 3.8) is 0 Å². The van der Waals surface area contributed by atoms with Crippen molar-refractivity contribution >= 4 is 66.8 Å². The molecule has 2 saturated heterocycles. The van der Waals surface area contributed by atoms with Crippen LogP contribution in [-0.2, 0) is 55.5 Å². The molecule has 4 bridgehead atoms. The molecule has 404 valence electrons. The summed E-state index contributed by atoms with van der Waals surface area (Å²) in [6.45, 7) is 18.3. The van der Waals surface area contributed by atoms with Crippen molar-refractivity contribution in [1.29, 1.82) is 0 Å². The standard InChI is InChI=1S/C53H76ClN3O14SSi/c1-14-15-24-67-73(32(2)3,33(4)5)71-39-21-19-37(20-22-39)31-66-51(62)72-25-23-45(58)56(10)36(8)49(60)69-44-29-46(59)57(11)40-27-38(28-41(64-12)47(40)54)26-34(6)17-16-18-43(65-13)53(63)30-42(68-50(61)55-53)35(7)48-52(44,9)70-48/h16-22,27-28,32-33,35-36,42-44,48,63H,14-15,23-26,29-31H2,1-13H3,(H,55,61)/b18-16+,34-17+/t35?,36-,42-,43+,44-,48-,52-,53-/m0/s1. The molecule has 3 aliphatic heterocycles. The number of benzene rings is 2. The number of esters is 1. The van der Waals surface area contributed by atoms with Crippen molar-refractivity contribution in [2.45, 2.75) is 160 Å². The first-order valence-electron chi connectivity index (χ1n) is 25.0. The quantitative estimate of drug-likeness (QED) is 0.0470. The maximum Gasteiger partial charge on any atom is 0.409 e. The van der Waals surface area contributed by atoms with Gasteiger partial charge in [0.25, 0.3) is 0 Å². The van der Waals surface area contributed by atoms with Crippen molar-refractivity contribution in [1.82, 2.24) is 10.2 Å². The average Bonchev–Trinajstić information content (AvgIpc) is 4.04. The number of amides is 3. The molecule has 2 aromatic rings. The van der Waals surface area contributed by atoms with Crippen LogP contribution in [0.3, 0.4) is 0 Å². The van der Waals surface area contributed by atoms with E-state index in [1.54, 1.807) is 45.2 Å². The fourth-order valence-corrected chi connectivity index (χ4v) is 13.7. The van der Waals surface area contributed by atoms with E-state index in [1.165, 1.54) is 38.0 Å². The Bertz CT molecular complexity index is 2330. The molecule has 5 rings (SSSR count). The second-order valence-corrected chi connectivity index (χ2v) is 25.7. The van der Waals surface area contributed by atoms with Gasteiger partial charge in [0.05, 0.1) is 25.3 Å². The normalized spacial score (nSPS) is 26.1. The number of epoxide rings is 1. The van der Waals surface area contributed by atoms with E-state index >= 15 is 0 Å². The molecular formula is C53H76ClN3O14SSi. The molecule has 0 aliphatic carbocycles. The van der Waals surface area contributed by atoms with Gasteiger partial charge in [-0.2, -0.15) is 0 Å². The summed E-state index contributed by atoms with van der Waals surface area (Å²) in [6.07, 6.45) is 2.43. The van der Waals surface area contributed by atoms with Crippen LogP contribution in [0.1, 0.15) is 106 Å². The molecule has 2 N–H and O–H groups in total. The number of alkyl carbamates (subject to hydrolysis) is 1. The van der Waals surface area contributed by atoms with Crippen LogP contribution >= 0.6 is 23.4 Å². The number of nitrogens with zero attached hydrogens (tertiary/aromatic N) is 2. The van der Waals surface area contributed by atoms with E-state index in [0.29, 0.717) is 30.2 Å². The Labute approximate surface area is 441 Å². The van der Waals surface area contributed by atoms with Gasteiger partial charge in [0.2, 0.25) is 11.8 Å². The highest BCUT2D eigenvalue weighted by Crippen LogP contribution is 2.49. The predicted molar refractivity (Wildman–Crippen MR) is 282 cm³/mol. The van der Waals surface area contributed by atoms with E-state index in [2.05, 4.69) is 39.9 Å². The molecule has 3 amide bonds. The molecule has 2 aromatic carbocycles. The number of aliphatic hydroxyl groups is 1. The number of anilines is 1. The van der Waals surface area contributed by atoms with E-state index in [4.69, 9.17) is 48.9 Å². The Morgan fingerprint density at radius 2 is 1.77 bits per heavy atom. The molecule has 2 fully saturated rings. The van der Waals surface area contributed by atoms with E-state index in [0.717, 1.165) is 41.3 Å². The van der Waals surface area contributed by atoms with Crippen LogP contribution in [0.25, 0.3) is 0 Å². The van der Waals surface area contributed by atoms with Crippen molar-refractivity contribution in [3.8, 4) is 11.5 Å². The summed E-state index contributed by atoms with van der Waals surface area (Å²) in [7, 11) is 3.32. The number of rotatable bonds is 18. The van der Waals surface area contributed by atoms with Gasteiger partial charge in [-0.1, -0.05) is 95.5 Å². The van der Waals surface area contributed by atoms with Gasteiger partial charge in [-0.25, -0.2) is 14.4 Å². The highest BCUT2D eigenvalue weighted by molar-refractivity contribution is 8.13. The van der Waals surface area contributed by atoms with Crippen molar-refractivity contribution in [2.24, 2.45) is 5.92 Å². The van der Waals surface area contributed by atoms with Crippen LogP contribution < -0.4 is 19.4 Å². The first kappa shape index (κ1) is 59.2. The molecule has 1 unspecified atom stereocenters. The Hall–Kier alpha value is -4.63. The number of hydrogen-bond donors (Lipinski definition) is 2. The minimum atomic E-state index is -2.59. The van der Waals surface area contributed by atoms with Crippen molar-refractivity contribution in [3.05, 3.63) is 76.3 Å². The molecule has 0 radical (unpaired) electrons. The summed E-state index contributed by atoms with van der Waals surface area (Å²) < 4.78 is 48.0. The van der Waals surface area contributed by atoms with Crippen LogP contribution in [0, 0.1) is 5.92 Å². The molecule has 0 saturated carbocycles. The van der Waals surface area contributed by atoms with E-state index in [9.17, 15) is 29.1 Å².